The third-order valence-corrected chi connectivity index (χ3v) is 10.5. The Balaban J connectivity index is 1.71. The van der Waals surface area contributed by atoms with E-state index in [1.165, 1.54) is 5.57 Å². The standard InChI is InChI=1S/C34H53NO4/c1-7-8-9-10-13-30(38)32(4,5)31(39)17-14-23(2)34(35)20-18-27-26(12-11-19-33(27,34)6)16-15-25-21-28(36)24(3)29(37)22-25/h14-17,23,27-29,36-37H,3,7-13,18-22,35H2,1-2,4-6H3/b17-14+,25-15?,26-16+/t23?,27-,28+,29?,33?,34-/m0/s1. The first kappa shape index (κ1) is 31.7. The number of unbranched alkanes of at least 4 members (excludes halogenated alkanes) is 3. The Morgan fingerprint density at radius 1 is 1.13 bits per heavy atom. The molecule has 0 spiro atoms. The van der Waals surface area contributed by atoms with Crippen LogP contribution in [0.25, 0.3) is 0 Å². The summed E-state index contributed by atoms with van der Waals surface area (Å²) in [7, 11) is 0. The average Bonchev–Trinajstić information content (AvgIpc) is 3.18. The molecule has 0 aliphatic heterocycles. The van der Waals surface area contributed by atoms with E-state index in [9.17, 15) is 19.8 Å². The highest BCUT2D eigenvalue weighted by Gasteiger charge is 2.58. The minimum atomic E-state index is -1.01. The van der Waals surface area contributed by atoms with Crippen LogP contribution in [0.3, 0.4) is 0 Å². The summed E-state index contributed by atoms with van der Waals surface area (Å²) in [5.41, 5.74) is 8.67. The van der Waals surface area contributed by atoms with Gasteiger partial charge in [-0.15, -0.1) is 0 Å². The number of rotatable bonds is 11. The van der Waals surface area contributed by atoms with Crippen LogP contribution in [-0.4, -0.2) is 39.5 Å². The molecule has 0 aromatic rings. The van der Waals surface area contributed by atoms with Crippen molar-refractivity contribution in [2.75, 3.05) is 0 Å². The number of hydrogen-bond acceptors (Lipinski definition) is 5. The van der Waals surface area contributed by atoms with E-state index in [4.69, 9.17) is 5.73 Å². The highest BCUT2D eigenvalue weighted by molar-refractivity contribution is 6.10. The second kappa shape index (κ2) is 12.8. The van der Waals surface area contributed by atoms with Crippen molar-refractivity contribution in [3.05, 3.63) is 47.6 Å². The van der Waals surface area contributed by atoms with Gasteiger partial charge in [-0.05, 0) is 94.1 Å². The molecule has 0 aromatic heterocycles. The van der Waals surface area contributed by atoms with Gasteiger partial charge in [-0.3, -0.25) is 9.59 Å². The minimum Gasteiger partial charge on any atom is -0.388 e. The van der Waals surface area contributed by atoms with Crippen LogP contribution in [0.15, 0.2) is 47.6 Å². The number of fused-ring (bicyclic) bond motifs is 1. The smallest absolute Gasteiger partial charge is 0.168 e. The normalized spacial score (nSPS) is 34.6. The predicted octanol–water partition coefficient (Wildman–Crippen LogP) is 6.54. The van der Waals surface area contributed by atoms with Gasteiger partial charge in [-0.2, -0.15) is 0 Å². The Hall–Kier alpha value is -1.82. The number of hydrogen-bond donors (Lipinski definition) is 3. The molecule has 0 bridgehead atoms. The summed E-state index contributed by atoms with van der Waals surface area (Å²) >= 11 is 0. The van der Waals surface area contributed by atoms with E-state index in [0.717, 1.165) is 63.4 Å². The molecule has 6 atom stereocenters. The van der Waals surface area contributed by atoms with Crippen LogP contribution in [0.1, 0.15) is 112 Å². The van der Waals surface area contributed by atoms with Crippen molar-refractivity contribution in [2.45, 2.75) is 129 Å². The summed E-state index contributed by atoms with van der Waals surface area (Å²) < 4.78 is 0. The maximum atomic E-state index is 13.1. The van der Waals surface area contributed by atoms with E-state index in [2.05, 4.69) is 39.5 Å². The first-order valence-electron chi connectivity index (χ1n) is 15.3. The maximum Gasteiger partial charge on any atom is 0.168 e. The van der Waals surface area contributed by atoms with Crippen LogP contribution in [-0.2, 0) is 9.59 Å². The quantitative estimate of drug-likeness (QED) is 0.120. The fraction of sp³-hybridized carbons (Fsp3) is 0.706. The lowest BCUT2D eigenvalue weighted by atomic mass is 9.57. The predicted molar refractivity (Wildman–Crippen MR) is 159 cm³/mol. The van der Waals surface area contributed by atoms with Gasteiger partial charge >= 0.3 is 0 Å². The largest absolute Gasteiger partial charge is 0.388 e. The monoisotopic (exact) mass is 539 g/mol. The van der Waals surface area contributed by atoms with Crippen LogP contribution in [0.2, 0.25) is 0 Å². The molecule has 5 nitrogen and oxygen atoms in total. The summed E-state index contributed by atoms with van der Waals surface area (Å²) in [6, 6.07) is 0. The van der Waals surface area contributed by atoms with Crippen molar-refractivity contribution in [1.82, 2.24) is 0 Å². The molecular weight excluding hydrogens is 486 g/mol. The van der Waals surface area contributed by atoms with Gasteiger partial charge in [0.2, 0.25) is 0 Å². The number of Topliss-reactive ketones (excluding diaryl/α,β-unsaturated/α-hetero) is 1. The zero-order chi connectivity index (χ0) is 29.0. The number of aliphatic hydroxyl groups excluding tert-OH is 2. The molecule has 0 amide bonds. The highest BCUT2D eigenvalue weighted by Crippen LogP contribution is 2.60. The van der Waals surface area contributed by atoms with Crippen LogP contribution in [0, 0.1) is 22.7 Å². The van der Waals surface area contributed by atoms with Crippen molar-refractivity contribution in [3.63, 3.8) is 0 Å². The van der Waals surface area contributed by atoms with Crippen LogP contribution in [0.4, 0.5) is 0 Å². The molecule has 218 valence electrons. The summed E-state index contributed by atoms with van der Waals surface area (Å²) in [6.45, 7) is 13.9. The Kier molecular flexibility index (Phi) is 10.4. The summed E-state index contributed by atoms with van der Waals surface area (Å²) in [5.74, 6) is 0.261. The average molecular weight is 540 g/mol. The molecule has 3 saturated carbocycles. The van der Waals surface area contributed by atoms with E-state index < -0.39 is 23.2 Å². The number of carbonyl (C=O) groups excluding carboxylic acids is 2. The summed E-state index contributed by atoms with van der Waals surface area (Å²) in [5, 5.41) is 20.4. The lowest BCUT2D eigenvalue weighted by Crippen LogP contribution is -2.57. The fourth-order valence-corrected chi connectivity index (χ4v) is 7.29. The highest BCUT2D eigenvalue weighted by atomic mass is 16.3. The molecule has 39 heavy (non-hydrogen) atoms. The molecule has 0 radical (unpaired) electrons. The zero-order valence-electron chi connectivity index (χ0n) is 25.1. The van der Waals surface area contributed by atoms with Crippen molar-refractivity contribution < 1.29 is 19.8 Å². The third-order valence-electron chi connectivity index (χ3n) is 10.5. The van der Waals surface area contributed by atoms with Crippen LogP contribution < -0.4 is 5.73 Å². The van der Waals surface area contributed by atoms with Gasteiger partial charge in [0.15, 0.2) is 5.78 Å². The van der Waals surface area contributed by atoms with Crippen LogP contribution >= 0.6 is 0 Å². The second-order valence-corrected chi connectivity index (χ2v) is 13.4. The van der Waals surface area contributed by atoms with Gasteiger partial charge in [0.05, 0.1) is 17.6 Å². The molecule has 0 heterocycles. The van der Waals surface area contributed by atoms with Gasteiger partial charge in [0.1, 0.15) is 5.78 Å². The lowest BCUT2D eigenvalue weighted by Gasteiger charge is -2.50. The molecule has 0 saturated heterocycles. The Bertz CT molecular complexity index is 1000. The third kappa shape index (κ3) is 6.57. The second-order valence-electron chi connectivity index (χ2n) is 13.4. The number of carbonyl (C=O) groups is 2. The lowest BCUT2D eigenvalue weighted by molar-refractivity contribution is -0.136. The summed E-state index contributed by atoms with van der Waals surface area (Å²) in [4.78, 5) is 25.9. The molecule has 3 aliphatic carbocycles. The van der Waals surface area contributed by atoms with E-state index in [-0.39, 0.29) is 22.9 Å². The van der Waals surface area contributed by atoms with Gasteiger partial charge in [-0.25, -0.2) is 0 Å². The number of ketones is 2. The molecule has 5 heteroatoms. The fourth-order valence-electron chi connectivity index (χ4n) is 7.29. The van der Waals surface area contributed by atoms with Gasteiger partial charge in [0.25, 0.3) is 0 Å². The SMILES string of the molecule is C=C1C(O)CC(=C/C=C2\CCCC3(C)[C@H]2CC[C@]3(N)C(C)/C=C/C(=O)C(C)(C)C(=O)CCCCCC)C[C@H]1O. The molecule has 3 fully saturated rings. The van der Waals surface area contributed by atoms with E-state index in [0.29, 0.717) is 30.8 Å². The van der Waals surface area contributed by atoms with Gasteiger partial charge < -0.3 is 15.9 Å². The molecule has 3 rings (SSSR count). The van der Waals surface area contributed by atoms with Crippen molar-refractivity contribution in [1.29, 1.82) is 0 Å². The van der Waals surface area contributed by atoms with Crippen molar-refractivity contribution >= 4 is 11.6 Å². The Labute approximate surface area is 236 Å². The first-order valence-corrected chi connectivity index (χ1v) is 15.3. The minimum absolute atomic E-state index is 0.000683. The van der Waals surface area contributed by atoms with E-state index >= 15 is 0 Å². The Morgan fingerprint density at radius 2 is 1.79 bits per heavy atom. The molecular formula is C34H53NO4. The van der Waals surface area contributed by atoms with Crippen LogP contribution in [0.5, 0.6) is 0 Å². The van der Waals surface area contributed by atoms with Crippen molar-refractivity contribution in [3.8, 4) is 0 Å². The number of allylic oxidation sites excluding steroid dienone is 4. The molecule has 3 unspecified atom stereocenters. The number of nitrogens with two attached hydrogens (primary N) is 1. The molecule has 0 aromatic carbocycles. The maximum absolute atomic E-state index is 13.1. The Morgan fingerprint density at radius 3 is 2.44 bits per heavy atom. The number of aliphatic hydroxyl groups is 2. The van der Waals surface area contributed by atoms with E-state index in [1.807, 2.05) is 6.08 Å². The van der Waals surface area contributed by atoms with Crippen molar-refractivity contribution in [2.24, 2.45) is 28.4 Å². The van der Waals surface area contributed by atoms with E-state index in [1.54, 1.807) is 19.9 Å². The zero-order valence-corrected chi connectivity index (χ0v) is 25.1. The van der Waals surface area contributed by atoms with Gasteiger partial charge in [0, 0.05) is 12.0 Å². The van der Waals surface area contributed by atoms with Gasteiger partial charge in [-0.1, -0.05) is 76.0 Å². The first-order chi connectivity index (χ1) is 18.3. The molecule has 3 aliphatic rings. The molecule has 4 N–H and O–H groups in total. The topological polar surface area (TPSA) is 101 Å². The summed E-state index contributed by atoms with van der Waals surface area (Å²) in [6.07, 6.45) is 17.2.